The second kappa shape index (κ2) is 9.87. The summed E-state index contributed by atoms with van der Waals surface area (Å²) in [5.41, 5.74) is 0.698. The van der Waals surface area contributed by atoms with Crippen LogP contribution in [-0.2, 0) is 18.8 Å². The summed E-state index contributed by atoms with van der Waals surface area (Å²) in [6.45, 7) is 10.5. The van der Waals surface area contributed by atoms with Crippen molar-refractivity contribution in [2.24, 2.45) is 0 Å². The fourth-order valence-corrected chi connectivity index (χ4v) is 3.96. The van der Waals surface area contributed by atoms with E-state index in [2.05, 4.69) is 33.9 Å². The standard InChI is InChI=1S/C20H28Cl2O4Si/c1-20(2,3)27(5,6)26-17(13-19(24)25-4)12-16(23)10-8-14-7-9-15(21)11-18(14)22/h7-11,17H,12-13H2,1-6H3/b10-8+. The Bertz CT molecular complexity index is 708. The SMILES string of the molecule is COC(=O)CC(CC(=O)/C=C/c1ccc(Cl)cc1Cl)O[Si](C)(C)C(C)(C)C. The second-order valence-electron chi connectivity index (χ2n) is 7.95. The molecule has 1 aromatic rings. The molecule has 0 aromatic heterocycles. The smallest absolute Gasteiger partial charge is 0.308 e. The van der Waals surface area contributed by atoms with Gasteiger partial charge in [-0.15, -0.1) is 0 Å². The molecule has 0 aliphatic rings. The van der Waals surface area contributed by atoms with Crippen molar-refractivity contribution in [3.05, 3.63) is 39.9 Å². The van der Waals surface area contributed by atoms with E-state index in [0.29, 0.717) is 15.6 Å². The molecule has 1 unspecified atom stereocenters. The molecule has 0 saturated heterocycles. The van der Waals surface area contributed by atoms with Crippen LogP contribution in [0, 0.1) is 0 Å². The number of carbonyl (C=O) groups is 2. The lowest BCUT2D eigenvalue weighted by molar-refractivity contribution is -0.142. The zero-order chi connectivity index (χ0) is 20.8. The maximum Gasteiger partial charge on any atom is 0.308 e. The van der Waals surface area contributed by atoms with E-state index in [-0.39, 0.29) is 23.7 Å². The van der Waals surface area contributed by atoms with Crippen molar-refractivity contribution in [2.45, 2.75) is 57.8 Å². The number of carbonyl (C=O) groups excluding carboxylic acids is 2. The highest BCUT2D eigenvalue weighted by molar-refractivity contribution is 6.74. The Morgan fingerprint density at radius 2 is 1.81 bits per heavy atom. The van der Waals surface area contributed by atoms with Crippen LogP contribution in [0.5, 0.6) is 0 Å². The number of ketones is 1. The lowest BCUT2D eigenvalue weighted by Gasteiger charge is -2.39. The Morgan fingerprint density at radius 3 is 2.33 bits per heavy atom. The number of rotatable bonds is 8. The molecule has 0 aliphatic heterocycles. The highest BCUT2D eigenvalue weighted by Crippen LogP contribution is 2.38. The molecule has 0 heterocycles. The first-order chi connectivity index (χ1) is 12.4. The lowest BCUT2D eigenvalue weighted by atomic mass is 10.1. The van der Waals surface area contributed by atoms with Gasteiger partial charge in [0.1, 0.15) is 0 Å². The summed E-state index contributed by atoms with van der Waals surface area (Å²) >= 11 is 12.0. The van der Waals surface area contributed by atoms with Gasteiger partial charge in [0, 0.05) is 16.5 Å². The van der Waals surface area contributed by atoms with Gasteiger partial charge in [-0.25, -0.2) is 0 Å². The Kier molecular flexibility index (Phi) is 8.74. The van der Waals surface area contributed by atoms with E-state index in [1.807, 2.05) is 0 Å². The Morgan fingerprint density at radius 1 is 1.19 bits per heavy atom. The first kappa shape index (κ1) is 23.9. The summed E-state index contributed by atoms with van der Waals surface area (Å²) in [6, 6.07) is 5.07. The molecule has 1 rings (SSSR count). The second-order valence-corrected chi connectivity index (χ2v) is 13.5. The molecule has 0 bridgehead atoms. The minimum atomic E-state index is -2.14. The monoisotopic (exact) mass is 430 g/mol. The molecule has 7 heteroatoms. The van der Waals surface area contributed by atoms with Crippen LogP contribution in [0.15, 0.2) is 24.3 Å². The number of hydrogen-bond donors (Lipinski definition) is 0. The number of hydrogen-bond acceptors (Lipinski definition) is 4. The third-order valence-corrected chi connectivity index (χ3v) is 9.83. The van der Waals surface area contributed by atoms with E-state index in [1.54, 1.807) is 24.3 Å². The molecule has 1 atom stereocenters. The van der Waals surface area contributed by atoms with Crippen molar-refractivity contribution < 1.29 is 18.8 Å². The van der Waals surface area contributed by atoms with Crippen LogP contribution in [0.3, 0.4) is 0 Å². The lowest BCUT2D eigenvalue weighted by Crippen LogP contribution is -2.44. The van der Waals surface area contributed by atoms with Crippen LogP contribution in [0.4, 0.5) is 0 Å². The fourth-order valence-electron chi connectivity index (χ4n) is 2.13. The molecule has 1 aromatic carbocycles. The summed E-state index contributed by atoms with van der Waals surface area (Å²) < 4.78 is 11.0. The third kappa shape index (κ3) is 7.78. The van der Waals surface area contributed by atoms with Gasteiger partial charge in [0.15, 0.2) is 14.1 Å². The van der Waals surface area contributed by atoms with Crippen molar-refractivity contribution in [1.82, 2.24) is 0 Å². The molecule has 27 heavy (non-hydrogen) atoms. The van der Waals surface area contributed by atoms with E-state index >= 15 is 0 Å². The van der Waals surface area contributed by atoms with E-state index in [9.17, 15) is 9.59 Å². The van der Waals surface area contributed by atoms with Crippen LogP contribution in [0.1, 0.15) is 39.2 Å². The molecule has 150 valence electrons. The molecular formula is C20H28Cl2O4Si. The largest absolute Gasteiger partial charge is 0.469 e. The third-order valence-electron chi connectivity index (χ3n) is 4.73. The topological polar surface area (TPSA) is 52.6 Å². The Hall–Kier alpha value is -1.14. The molecule has 0 N–H and O–H groups in total. The van der Waals surface area contributed by atoms with Crippen LogP contribution in [-0.4, -0.2) is 33.3 Å². The van der Waals surface area contributed by atoms with Crippen molar-refractivity contribution in [2.75, 3.05) is 7.11 Å². The van der Waals surface area contributed by atoms with Gasteiger partial charge in [-0.2, -0.15) is 0 Å². The average molecular weight is 431 g/mol. The Labute approximate surface area is 173 Å². The van der Waals surface area contributed by atoms with E-state index in [0.717, 1.165) is 0 Å². The summed E-state index contributed by atoms with van der Waals surface area (Å²) in [5.74, 6) is -0.537. The molecule has 0 saturated carbocycles. The van der Waals surface area contributed by atoms with Crippen molar-refractivity contribution in [3.63, 3.8) is 0 Å². The maximum absolute atomic E-state index is 12.4. The summed E-state index contributed by atoms with van der Waals surface area (Å²) in [4.78, 5) is 24.2. The minimum Gasteiger partial charge on any atom is -0.469 e. The van der Waals surface area contributed by atoms with Crippen molar-refractivity contribution >= 4 is 49.3 Å². The zero-order valence-corrected chi connectivity index (χ0v) is 19.3. The quantitative estimate of drug-likeness (QED) is 0.291. The number of allylic oxidation sites excluding steroid dienone is 1. The van der Waals surface area contributed by atoms with Crippen LogP contribution < -0.4 is 0 Å². The molecule has 0 amide bonds. The highest BCUT2D eigenvalue weighted by Gasteiger charge is 2.39. The highest BCUT2D eigenvalue weighted by atomic mass is 35.5. The van der Waals surface area contributed by atoms with Gasteiger partial charge in [-0.05, 0) is 48.0 Å². The number of benzene rings is 1. The van der Waals surface area contributed by atoms with Gasteiger partial charge in [0.2, 0.25) is 0 Å². The zero-order valence-electron chi connectivity index (χ0n) is 16.8. The molecule has 0 fully saturated rings. The van der Waals surface area contributed by atoms with Gasteiger partial charge in [0.25, 0.3) is 0 Å². The van der Waals surface area contributed by atoms with Crippen LogP contribution in [0.2, 0.25) is 28.2 Å². The first-order valence-electron chi connectivity index (χ1n) is 8.76. The summed E-state index contributed by atoms with van der Waals surface area (Å²) in [7, 11) is -0.807. The predicted molar refractivity (Wildman–Crippen MR) is 114 cm³/mol. The number of halogens is 2. The molecule has 0 spiro atoms. The van der Waals surface area contributed by atoms with Gasteiger partial charge >= 0.3 is 5.97 Å². The fraction of sp³-hybridized carbons (Fsp3) is 0.500. The van der Waals surface area contributed by atoms with Crippen molar-refractivity contribution in [1.29, 1.82) is 0 Å². The first-order valence-corrected chi connectivity index (χ1v) is 12.4. The van der Waals surface area contributed by atoms with E-state index in [4.69, 9.17) is 32.4 Å². The van der Waals surface area contributed by atoms with Gasteiger partial charge < -0.3 is 9.16 Å². The van der Waals surface area contributed by atoms with Crippen LogP contribution >= 0.6 is 23.2 Å². The molecule has 0 aliphatic carbocycles. The number of methoxy groups -OCH3 is 1. The van der Waals surface area contributed by atoms with E-state index < -0.39 is 20.4 Å². The maximum atomic E-state index is 12.4. The van der Waals surface area contributed by atoms with Gasteiger partial charge in [0.05, 0.1) is 19.6 Å². The molecule has 0 radical (unpaired) electrons. The molecular weight excluding hydrogens is 403 g/mol. The van der Waals surface area contributed by atoms with E-state index in [1.165, 1.54) is 13.2 Å². The predicted octanol–water partition coefficient (Wildman–Crippen LogP) is 5.92. The van der Waals surface area contributed by atoms with Gasteiger partial charge in [-0.1, -0.05) is 50.0 Å². The summed E-state index contributed by atoms with van der Waals surface area (Å²) in [6.07, 6.45) is 2.72. The minimum absolute atomic E-state index is 0.0307. The number of ether oxygens (including phenoxy) is 1. The van der Waals surface area contributed by atoms with Gasteiger partial charge in [-0.3, -0.25) is 9.59 Å². The Balaban J connectivity index is 2.89. The summed E-state index contributed by atoms with van der Waals surface area (Å²) in [5, 5.41) is 0.969. The van der Waals surface area contributed by atoms with Crippen LogP contribution in [0.25, 0.3) is 6.08 Å². The normalized spacial score (nSPS) is 13.6. The average Bonchev–Trinajstić information content (AvgIpc) is 2.52. The van der Waals surface area contributed by atoms with Crippen molar-refractivity contribution in [3.8, 4) is 0 Å². The number of esters is 1. The molecule has 4 nitrogen and oxygen atoms in total.